The second-order valence-electron chi connectivity index (χ2n) is 7.05. The smallest absolute Gasteiger partial charge is 0.295 e. The van der Waals surface area contributed by atoms with Gasteiger partial charge in [0.25, 0.3) is 17.4 Å². The van der Waals surface area contributed by atoms with Crippen molar-refractivity contribution < 1.29 is 24.4 Å². The zero-order valence-corrected chi connectivity index (χ0v) is 16.7. The number of benzene rings is 2. The van der Waals surface area contributed by atoms with E-state index in [9.17, 15) is 24.8 Å². The van der Waals surface area contributed by atoms with Gasteiger partial charge in [-0.05, 0) is 31.0 Å². The molecule has 1 aliphatic heterocycles. The number of ketones is 1. The summed E-state index contributed by atoms with van der Waals surface area (Å²) in [7, 11) is 1.54. The summed E-state index contributed by atoms with van der Waals surface area (Å²) in [5.41, 5.74) is 1.77. The van der Waals surface area contributed by atoms with Crippen LogP contribution in [0.25, 0.3) is 5.76 Å². The van der Waals surface area contributed by atoms with E-state index in [0.717, 1.165) is 5.56 Å². The van der Waals surface area contributed by atoms with E-state index in [4.69, 9.17) is 4.74 Å². The van der Waals surface area contributed by atoms with Crippen LogP contribution in [0.15, 0.2) is 54.1 Å². The van der Waals surface area contributed by atoms with Gasteiger partial charge in [0.15, 0.2) is 0 Å². The van der Waals surface area contributed by atoms with Crippen molar-refractivity contribution in [3.05, 3.63) is 80.9 Å². The molecule has 0 radical (unpaired) electrons. The Kier molecular flexibility index (Phi) is 6.27. The van der Waals surface area contributed by atoms with E-state index >= 15 is 0 Å². The molecule has 0 spiro atoms. The van der Waals surface area contributed by atoms with Crippen LogP contribution in [0.2, 0.25) is 0 Å². The highest BCUT2D eigenvalue weighted by Gasteiger charge is 2.45. The topological polar surface area (TPSA) is 110 Å². The number of aryl methyl sites for hydroxylation is 1. The molecule has 1 aliphatic rings. The third-order valence-electron chi connectivity index (χ3n) is 5.03. The number of amides is 1. The van der Waals surface area contributed by atoms with Crippen LogP contribution in [0.3, 0.4) is 0 Å². The van der Waals surface area contributed by atoms with Gasteiger partial charge in [-0.2, -0.15) is 0 Å². The van der Waals surface area contributed by atoms with Crippen molar-refractivity contribution in [2.24, 2.45) is 0 Å². The fraction of sp³-hybridized carbons (Fsp3) is 0.273. The van der Waals surface area contributed by atoms with E-state index in [1.807, 2.05) is 6.92 Å². The van der Waals surface area contributed by atoms with E-state index in [1.165, 1.54) is 29.2 Å². The first-order valence-electron chi connectivity index (χ1n) is 9.44. The lowest BCUT2D eigenvalue weighted by Crippen LogP contribution is -2.31. The summed E-state index contributed by atoms with van der Waals surface area (Å²) in [5.74, 6) is -1.78. The van der Waals surface area contributed by atoms with E-state index in [-0.39, 0.29) is 23.6 Å². The highest BCUT2D eigenvalue weighted by Crippen LogP contribution is 2.39. The maximum absolute atomic E-state index is 12.8. The summed E-state index contributed by atoms with van der Waals surface area (Å²) in [6.07, 6.45) is 0.498. The Morgan fingerprint density at radius 1 is 1.13 bits per heavy atom. The van der Waals surface area contributed by atoms with E-state index in [0.29, 0.717) is 24.2 Å². The number of rotatable bonds is 7. The molecular formula is C22H22N2O6. The Balaban J connectivity index is 2.11. The molecule has 0 bridgehead atoms. The first kappa shape index (κ1) is 21.2. The number of methoxy groups -OCH3 is 1. The number of aliphatic hydroxyl groups excluding tert-OH is 1. The molecule has 0 saturated carbocycles. The molecule has 8 nitrogen and oxygen atoms in total. The zero-order chi connectivity index (χ0) is 21.8. The Labute approximate surface area is 173 Å². The van der Waals surface area contributed by atoms with Crippen LogP contribution in [0.5, 0.6) is 0 Å². The first-order chi connectivity index (χ1) is 14.3. The molecule has 2 aromatic rings. The average Bonchev–Trinajstić information content (AvgIpc) is 2.99. The fourth-order valence-electron chi connectivity index (χ4n) is 3.48. The summed E-state index contributed by atoms with van der Waals surface area (Å²) in [5, 5.41) is 21.9. The van der Waals surface area contributed by atoms with Crippen LogP contribution in [-0.4, -0.2) is 46.9 Å². The van der Waals surface area contributed by atoms with Gasteiger partial charge in [0.1, 0.15) is 5.76 Å². The number of aliphatic hydroxyl groups is 1. The van der Waals surface area contributed by atoms with Crippen molar-refractivity contribution in [1.82, 2.24) is 4.90 Å². The molecule has 1 atom stereocenters. The van der Waals surface area contributed by atoms with E-state index < -0.39 is 22.7 Å². The predicted molar refractivity (Wildman–Crippen MR) is 110 cm³/mol. The normalized spacial score (nSPS) is 18.1. The lowest BCUT2D eigenvalue weighted by molar-refractivity contribution is -0.384. The number of ether oxygens (including phenoxy) is 1. The molecule has 8 heteroatoms. The summed E-state index contributed by atoms with van der Waals surface area (Å²) >= 11 is 0. The molecular weight excluding hydrogens is 388 g/mol. The standard InChI is InChI=1S/C22H22N2O6/c1-14-4-6-16(7-5-14)20(25)18-19(15-8-10-17(11-9-15)24(28)29)23(12-3-13-30-2)22(27)21(18)26/h4-11,19,25H,3,12-13H2,1-2H3/b20-18-. The predicted octanol–water partition coefficient (Wildman–Crippen LogP) is 3.36. The Morgan fingerprint density at radius 2 is 1.77 bits per heavy atom. The molecule has 30 heavy (non-hydrogen) atoms. The molecule has 1 unspecified atom stereocenters. The van der Waals surface area contributed by atoms with Gasteiger partial charge in [0, 0.05) is 38.0 Å². The number of hydrogen-bond acceptors (Lipinski definition) is 6. The van der Waals surface area contributed by atoms with Gasteiger partial charge in [-0.3, -0.25) is 19.7 Å². The van der Waals surface area contributed by atoms with Crippen molar-refractivity contribution in [2.75, 3.05) is 20.3 Å². The van der Waals surface area contributed by atoms with Crippen LogP contribution in [0.1, 0.15) is 29.2 Å². The van der Waals surface area contributed by atoms with Gasteiger partial charge in [-0.25, -0.2) is 0 Å². The number of carbonyl (C=O) groups excluding carboxylic acids is 2. The lowest BCUT2D eigenvalue weighted by atomic mass is 9.95. The second-order valence-corrected chi connectivity index (χ2v) is 7.05. The molecule has 1 saturated heterocycles. The molecule has 0 aliphatic carbocycles. The second kappa shape index (κ2) is 8.87. The van der Waals surface area contributed by atoms with Crippen LogP contribution < -0.4 is 0 Å². The highest BCUT2D eigenvalue weighted by atomic mass is 16.6. The Hall–Kier alpha value is -3.52. The van der Waals surface area contributed by atoms with Crippen molar-refractivity contribution >= 4 is 23.1 Å². The molecule has 1 fully saturated rings. The van der Waals surface area contributed by atoms with E-state index in [2.05, 4.69) is 0 Å². The van der Waals surface area contributed by atoms with Crippen LogP contribution in [0.4, 0.5) is 5.69 Å². The molecule has 2 aromatic carbocycles. The van der Waals surface area contributed by atoms with Crippen LogP contribution in [-0.2, 0) is 14.3 Å². The molecule has 3 rings (SSSR count). The van der Waals surface area contributed by atoms with Gasteiger partial charge >= 0.3 is 0 Å². The molecule has 1 amide bonds. The minimum Gasteiger partial charge on any atom is -0.507 e. The van der Waals surface area contributed by atoms with Gasteiger partial charge in [0.05, 0.1) is 16.5 Å². The number of carbonyl (C=O) groups is 2. The summed E-state index contributed by atoms with van der Waals surface area (Å²) < 4.78 is 5.04. The fourth-order valence-corrected chi connectivity index (χ4v) is 3.48. The number of nitrogens with zero attached hydrogens (tertiary/aromatic N) is 2. The van der Waals surface area contributed by atoms with Crippen molar-refractivity contribution in [1.29, 1.82) is 0 Å². The molecule has 156 valence electrons. The van der Waals surface area contributed by atoms with Crippen molar-refractivity contribution in [2.45, 2.75) is 19.4 Å². The van der Waals surface area contributed by atoms with Gasteiger partial charge in [0.2, 0.25) is 0 Å². The number of Topliss-reactive ketones (excluding diaryl/α,β-unsaturated/α-hetero) is 1. The summed E-state index contributed by atoms with van der Waals surface area (Å²) in [6, 6.07) is 11.7. The number of hydrogen-bond donors (Lipinski definition) is 1. The van der Waals surface area contributed by atoms with E-state index in [1.54, 1.807) is 31.4 Å². The summed E-state index contributed by atoms with van der Waals surface area (Å²) in [6.45, 7) is 2.54. The zero-order valence-electron chi connectivity index (χ0n) is 16.7. The number of nitro groups is 1. The van der Waals surface area contributed by atoms with Crippen molar-refractivity contribution in [3.8, 4) is 0 Å². The van der Waals surface area contributed by atoms with Crippen LogP contribution in [0, 0.1) is 17.0 Å². The Bertz CT molecular complexity index is 995. The third-order valence-corrected chi connectivity index (χ3v) is 5.03. The number of non-ortho nitro benzene ring substituents is 1. The third kappa shape index (κ3) is 4.08. The summed E-state index contributed by atoms with van der Waals surface area (Å²) in [4.78, 5) is 37.4. The van der Waals surface area contributed by atoms with Gasteiger partial charge in [-0.15, -0.1) is 0 Å². The molecule has 1 heterocycles. The maximum Gasteiger partial charge on any atom is 0.295 e. The maximum atomic E-state index is 12.8. The van der Waals surface area contributed by atoms with Crippen LogP contribution >= 0.6 is 0 Å². The molecule has 0 aromatic heterocycles. The monoisotopic (exact) mass is 410 g/mol. The first-order valence-corrected chi connectivity index (χ1v) is 9.44. The largest absolute Gasteiger partial charge is 0.507 e. The minimum atomic E-state index is -0.844. The average molecular weight is 410 g/mol. The lowest BCUT2D eigenvalue weighted by Gasteiger charge is -2.25. The van der Waals surface area contributed by atoms with Crippen molar-refractivity contribution in [3.63, 3.8) is 0 Å². The SMILES string of the molecule is COCCCN1C(=O)C(=O)/C(=C(\O)c2ccc(C)cc2)C1c1ccc([N+](=O)[O-])cc1. The Morgan fingerprint density at radius 3 is 2.33 bits per heavy atom. The minimum absolute atomic E-state index is 0.0323. The van der Waals surface area contributed by atoms with Gasteiger partial charge in [-0.1, -0.05) is 29.8 Å². The number of nitro benzene ring substituents is 1. The quantitative estimate of drug-likeness (QED) is 0.187. The van der Waals surface area contributed by atoms with Gasteiger partial charge < -0.3 is 14.7 Å². The molecule has 1 N–H and O–H groups in total. The number of likely N-dealkylation sites (tertiary alicyclic amines) is 1. The highest BCUT2D eigenvalue weighted by molar-refractivity contribution is 6.46.